The first kappa shape index (κ1) is 22.6. The number of ether oxygens (including phenoxy) is 1. The van der Waals surface area contributed by atoms with Crippen LogP contribution < -0.4 is 0 Å². The predicted molar refractivity (Wildman–Crippen MR) is 120 cm³/mol. The molecule has 0 spiro atoms. The Morgan fingerprint density at radius 3 is 2.55 bits per heavy atom. The molecule has 0 aromatic heterocycles. The Labute approximate surface area is 191 Å². The number of rotatable bonds is 5. The van der Waals surface area contributed by atoms with Crippen LogP contribution in [0.3, 0.4) is 0 Å². The molecule has 2 aromatic carbocycles. The Kier molecular flexibility index (Phi) is 7.13. The van der Waals surface area contributed by atoms with E-state index in [-0.39, 0.29) is 25.3 Å². The second-order valence-electron chi connectivity index (χ2n) is 7.03. The van der Waals surface area contributed by atoms with E-state index in [1.54, 1.807) is 25.1 Å². The highest BCUT2D eigenvalue weighted by molar-refractivity contribution is 6.35. The van der Waals surface area contributed by atoms with Crippen LogP contribution >= 0.6 is 23.2 Å². The average Bonchev–Trinajstić information content (AvgIpc) is 3.06. The lowest BCUT2D eigenvalue weighted by molar-refractivity contribution is -0.137. The number of hydrogen-bond acceptors (Lipinski definition) is 5. The maximum absolute atomic E-state index is 12.2. The normalized spacial score (nSPS) is 19.7. The summed E-state index contributed by atoms with van der Waals surface area (Å²) in [6.45, 7) is 2.19. The van der Waals surface area contributed by atoms with Gasteiger partial charge in [-0.1, -0.05) is 59.6 Å². The Bertz CT molecular complexity index is 1110. The molecule has 1 unspecified atom stereocenters. The zero-order valence-electron chi connectivity index (χ0n) is 16.8. The van der Waals surface area contributed by atoms with Gasteiger partial charge in [0.1, 0.15) is 0 Å². The van der Waals surface area contributed by atoms with E-state index >= 15 is 0 Å². The zero-order chi connectivity index (χ0) is 22.4. The fourth-order valence-corrected chi connectivity index (χ4v) is 4.28. The maximum Gasteiger partial charge on any atom is 0.331 e. The molecule has 1 saturated carbocycles. The van der Waals surface area contributed by atoms with Gasteiger partial charge in [0.25, 0.3) is 0 Å². The minimum Gasteiger partial charge on any atom is -0.463 e. The third-order valence-electron chi connectivity index (χ3n) is 5.16. The van der Waals surface area contributed by atoms with E-state index < -0.39 is 17.3 Å². The standard InChI is InChI=1S/C24H19Cl2N3O2/c1-2-31-22(30)11-17-10-20(19-9-8-18(25)12-21(19)26)24(14-27,15-28)23(17)29-13-16-6-4-3-5-7-16/h3-9,11-12,20H,2,10,13H2,1H3/b17-11-,29-23?. The highest BCUT2D eigenvalue weighted by Crippen LogP contribution is 2.51. The van der Waals surface area contributed by atoms with Crippen LogP contribution in [-0.4, -0.2) is 18.3 Å². The van der Waals surface area contributed by atoms with Crippen LogP contribution in [0.4, 0.5) is 0 Å². The van der Waals surface area contributed by atoms with E-state index in [1.807, 2.05) is 30.3 Å². The predicted octanol–water partition coefficient (Wildman–Crippen LogP) is 5.64. The lowest BCUT2D eigenvalue weighted by Gasteiger charge is -2.22. The summed E-state index contributed by atoms with van der Waals surface area (Å²) in [7, 11) is 0. The molecule has 1 fully saturated rings. The molecular weight excluding hydrogens is 433 g/mol. The molecule has 1 aliphatic rings. The first-order valence-corrected chi connectivity index (χ1v) is 10.4. The fourth-order valence-electron chi connectivity index (χ4n) is 3.74. The van der Waals surface area contributed by atoms with Crippen molar-refractivity contribution in [2.75, 3.05) is 6.61 Å². The molecule has 0 aliphatic heterocycles. The van der Waals surface area contributed by atoms with E-state index in [0.717, 1.165) is 5.56 Å². The van der Waals surface area contributed by atoms with Gasteiger partial charge in [-0.15, -0.1) is 0 Å². The van der Waals surface area contributed by atoms with Crippen molar-refractivity contribution in [1.29, 1.82) is 10.5 Å². The largest absolute Gasteiger partial charge is 0.463 e. The third-order valence-corrected chi connectivity index (χ3v) is 5.72. The summed E-state index contributed by atoms with van der Waals surface area (Å²) in [5.41, 5.74) is 0.681. The van der Waals surface area contributed by atoms with Gasteiger partial charge in [0.15, 0.2) is 5.41 Å². The number of halogens is 2. The summed E-state index contributed by atoms with van der Waals surface area (Å²) in [6.07, 6.45) is 1.56. The monoisotopic (exact) mass is 451 g/mol. The summed E-state index contributed by atoms with van der Waals surface area (Å²) in [4.78, 5) is 16.8. The van der Waals surface area contributed by atoms with Crippen molar-refractivity contribution < 1.29 is 9.53 Å². The minimum atomic E-state index is -1.61. The van der Waals surface area contributed by atoms with Gasteiger partial charge >= 0.3 is 5.97 Å². The lowest BCUT2D eigenvalue weighted by Crippen LogP contribution is -2.29. The number of carbonyl (C=O) groups excluding carboxylic acids is 1. The van der Waals surface area contributed by atoms with Crippen LogP contribution in [0.2, 0.25) is 10.0 Å². The quantitative estimate of drug-likeness (QED) is 0.434. The molecule has 0 N–H and O–H groups in total. The highest BCUT2D eigenvalue weighted by atomic mass is 35.5. The molecule has 1 atom stereocenters. The molecule has 0 saturated heterocycles. The summed E-state index contributed by atoms with van der Waals surface area (Å²) in [5.74, 6) is -1.15. The molecule has 7 heteroatoms. The van der Waals surface area contributed by atoms with Gasteiger partial charge in [0.05, 0.1) is 31.0 Å². The van der Waals surface area contributed by atoms with E-state index in [9.17, 15) is 15.3 Å². The van der Waals surface area contributed by atoms with E-state index in [1.165, 1.54) is 6.08 Å². The number of aliphatic imine (C=N–C) groups is 1. The Hall–Kier alpha value is -3.12. The number of esters is 1. The van der Waals surface area contributed by atoms with E-state index in [4.69, 9.17) is 27.9 Å². The SMILES string of the molecule is CCOC(=O)/C=C1/CC(c2ccc(Cl)cc2Cl)C(C#N)(C#N)C1=NCc1ccccc1. The summed E-state index contributed by atoms with van der Waals surface area (Å²) in [6, 6.07) is 18.7. The first-order valence-electron chi connectivity index (χ1n) is 9.69. The number of nitriles is 2. The van der Waals surface area contributed by atoms with Gasteiger partial charge < -0.3 is 4.74 Å². The second kappa shape index (κ2) is 9.79. The van der Waals surface area contributed by atoms with Crippen molar-refractivity contribution >= 4 is 34.9 Å². The molecule has 3 rings (SSSR count). The Balaban J connectivity index is 2.15. The molecule has 156 valence electrons. The molecule has 0 heterocycles. The highest BCUT2D eigenvalue weighted by Gasteiger charge is 2.53. The molecule has 1 aliphatic carbocycles. The molecule has 0 amide bonds. The lowest BCUT2D eigenvalue weighted by atomic mass is 9.75. The van der Waals surface area contributed by atoms with Gasteiger partial charge in [0.2, 0.25) is 0 Å². The second-order valence-corrected chi connectivity index (χ2v) is 7.87. The van der Waals surface area contributed by atoms with Crippen molar-refractivity contribution in [3.05, 3.63) is 81.4 Å². The summed E-state index contributed by atoms with van der Waals surface area (Å²) >= 11 is 12.5. The number of benzene rings is 2. The fraction of sp³-hybridized carbons (Fsp3) is 0.250. The topological polar surface area (TPSA) is 86.2 Å². The molecule has 5 nitrogen and oxygen atoms in total. The number of nitrogens with zero attached hydrogens (tertiary/aromatic N) is 3. The number of hydrogen-bond donors (Lipinski definition) is 0. The zero-order valence-corrected chi connectivity index (χ0v) is 18.3. The van der Waals surface area contributed by atoms with Crippen molar-refractivity contribution in [1.82, 2.24) is 0 Å². The van der Waals surface area contributed by atoms with Crippen LogP contribution in [0.5, 0.6) is 0 Å². The molecular formula is C24H19Cl2N3O2. The van der Waals surface area contributed by atoms with Crippen molar-refractivity contribution in [3.8, 4) is 12.1 Å². The number of carbonyl (C=O) groups is 1. The van der Waals surface area contributed by atoms with Crippen molar-refractivity contribution in [3.63, 3.8) is 0 Å². The Morgan fingerprint density at radius 2 is 1.94 bits per heavy atom. The van der Waals surface area contributed by atoms with Crippen LogP contribution in [0.15, 0.2) is 65.2 Å². The molecule has 2 aromatic rings. The van der Waals surface area contributed by atoms with E-state index in [0.29, 0.717) is 21.2 Å². The Morgan fingerprint density at radius 1 is 1.23 bits per heavy atom. The van der Waals surface area contributed by atoms with Crippen LogP contribution in [-0.2, 0) is 16.1 Å². The van der Waals surface area contributed by atoms with Gasteiger partial charge in [-0.05, 0) is 42.2 Å². The minimum absolute atomic E-state index is 0.215. The van der Waals surface area contributed by atoms with Crippen LogP contribution in [0.1, 0.15) is 30.4 Å². The van der Waals surface area contributed by atoms with Gasteiger partial charge in [-0.2, -0.15) is 10.5 Å². The maximum atomic E-state index is 12.2. The summed E-state index contributed by atoms with van der Waals surface area (Å²) < 4.78 is 5.05. The number of allylic oxidation sites excluding steroid dienone is 1. The molecule has 31 heavy (non-hydrogen) atoms. The first-order chi connectivity index (χ1) is 14.9. The van der Waals surface area contributed by atoms with E-state index in [2.05, 4.69) is 17.1 Å². The van der Waals surface area contributed by atoms with Gasteiger partial charge in [-0.25, -0.2) is 4.79 Å². The van der Waals surface area contributed by atoms with Crippen LogP contribution in [0, 0.1) is 28.1 Å². The average molecular weight is 452 g/mol. The van der Waals surface area contributed by atoms with Gasteiger partial charge in [0, 0.05) is 22.0 Å². The third kappa shape index (κ3) is 4.64. The van der Waals surface area contributed by atoms with Gasteiger partial charge in [-0.3, -0.25) is 4.99 Å². The molecule has 0 radical (unpaired) electrons. The molecule has 0 bridgehead atoms. The summed E-state index contributed by atoms with van der Waals surface area (Å²) in [5, 5.41) is 21.1. The van der Waals surface area contributed by atoms with Crippen molar-refractivity contribution in [2.24, 2.45) is 10.4 Å². The smallest absolute Gasteiger partial charge is 0.331 e. The van der Waals surface area contributed by atoms with Crippen molar-refractivity contribution in [2.45, 2.75) is 25.8 Å². The van der Waals surface area contributed by atoms with Crippen LogP contribution in [0.25, 0.3) is 0 Å².